The van der Waals surface area contributed by atoms with Crippen LogP contribution in [0.1, 0.15) is 34.7 Å². The van der Waals surface area contributed by atoms with E-state index >= 15 is 4.39 Å². The number of rotatable bonds is 7. The highest BCUT2D eigenvalue weighted by atomic mass is 32.3. The molecule has 9 nitrogen and oxygen atoms in total. The van der Waals surface area contributed by atoms with Gasteiger partial charge in [-0.25, -0.2) is 26.9 Å². The molecule has 13 heteroatoms. The number of nitrogens with one attached hydrogen (secondary N) is 3. The molecule has 1 aliphatic heterocycles. The maximum atomic E-state index is 15.1. The molecule has 3 aromatic carbocycles. The molecule has 1 aromatic heterocycles. The second-order valence-electron chi connectivity index (χ2n) is 8.64. The Hall–Kier alpha value is -3.36. The van der Waals surface area contributed by atoms with E-state index in [0.717, 1.165) is 18.2 Å². The molecule has 4 aromatic rings. The molecule has 1 amide bonds. The number of benzene rings is 3. The largest absolute Gasteiger partial charge is 0.341 e. The molecule has 37 heavy (non-hydrogen) atoms. The van der Waals surface area contributed by atoms with Crippen molar-refractivity contribution in [3.8, 4) is 0 Å². The summed E-state index contributed by atoms with van der Waals surface area (Å²) >= 11 is 0. The van der Waals surface area contributed by atoms with Gasteiger partial charge in [0.1, 0.15) is 22.7 Å². The van der Waals surface area contributed by atoms with Crippen LogP contribution in [0, 0.1) is 11.6 Å². The van der Waals surface area contributed by atoms with Crippen LogP contribution in [0.5, 0.6) is 0 Å². The van der Waals surface area contributed by atoms with Crippen molar-refractivity contribution in [3.63, 3.8) is 0 Å². The number of halogens is 2. The van der Waals surface area contributed by atoms with Gasteiger partial charge in [-0.15, -0.1) is 10.8 Å². The Balaban J connectivity index is 1.49. The summed E-state index contributed by atoms with van der Waals surface area (Å²) in [4.78, 5) is 18.9. The van der Waals surface area contributed by atoms with Gasteiger partial charge in [0.15, 0.2) is 0 Å². The monoisotopic (exact) mass is 548 g/mol. The normalized spacial score (nSPS) is 19.0. The summed E-state index contributed by atoms with van der Waals surface area (Å²) in [6.45, 7) is 0. The molecule has 2 heterocycles. The third kappa shape index (κ3) is 5.22. The van der Waals surface area contributed by atoms with Crippen molar-refractivity contribution in [1.82, 2.24) is 19.4 Å². The number of aromatic nitrogens is 2. The van der Waals surface area contributed by atoms with Crippen molar-refractivity contribution in [1.29, 1.82) is 0 Å². The van der Waals surface area contributed by atoms with Crippen LogP contribution >= 0.6 is 10.8 Å². The Kier molecular flexibility index (Phi) is 6.50. The van der Waals surface area contributed by atoms with Crippen LogP contribution in [0.15, 0.2) is 71.6 Å². The molecule has 0 saturated carbocycles. The number of carbonyl (C=O) groups is 1. The lowest BCUT2D eigenvalue weighted by atomic mass is 10.0. The van der Waals surface area contributed by atoms with Crippen molar-refractivity contribution in [2.75, 3.05) is 0 Å². The fourth-order valence-corrected chi connectivity index (χ4v) is 6.99. The highest BCUT2D eigenvalue weighted by Crippen LogP contribution is 2.56. The van der Waals surface area contributed by atoms with Crippen LogP contribution in [0.2, 0.25) is 0 Å². The summed E-state index contributed by atoms with van der Waals surface area (Å²) in [6, 6.07) is 14.7. The van der Waals surface area contributed by atoms with Gasteiger partial charge < -0.3 is 4.98 Å². The molecule has 1 saturated heterocycles. The predicted octanol–water partition coefficient (Wildman–Crippen LogP) is 4.33. The number of fused-ring (bicyclic) bond motifs is 1. The number of hydrogen-bond donors (Lipinski definition) is 5. The van der Waals surface area contributed by atoms with Crippen LogP contribution in [-0.4, -0.2) is 33.4 Å². The number of carbonyl (C=O) groups excluding carboxylic acids is 1. The fraction of sp³-hybridized carbons (Fsp3) is 0.167. The summed E-state index contributed by atoms with van der Waals surface area (Å²) in [6.07, 6.45) is -0.308. The van der Waals surface area contributed by atoms with Gasteiger partial charge >= 0.3 is 0 Å². The van der Waals surface area contributed by atoms with Crippen molar-refractivity contribution < 1.29 is 31.1 Å². The SMILES string of the molecule is O=C1CC(c2ccc(CC(NS(=O)(=O)c3cccc(F)c3)c3nc4ccccc4[nH]3)cc2F)S(O)(O)N1. The van der Waals surface area contributed by atoms with E-state index in [1.54, 1.807) is 24.3 Å². The van der Waals surface area contributed by atoms with Gasteiger partial charge in [0, 0.05) is 5.56 Å². The zero-order valence-corrected chi connectivity index (χ0v) is 20.7. The van der Waals surface area contributed by atoms with Crippen LogP contribution in [0.3, 0.4) is 0 Å². The van der Waals surface area contributed by atoms with Crippen molar-refractivity contribution >= 4 is 37.7 Å². The maximum Gasteiger partial charge on any atom is 0.241 e. The highest BCUT2D eigenvalue weighted by molar-refractivity contribution is 8.23. The number of nitrogens with zero attached hydrogens (tertiary/aromatic N) is 1. The van der Waals surface area contributed by atoms with Gasteiger partial charge in [-0.3, -0.25) is 18.6 Å². The molecule has 2 unspecified atom stereocenters. The Labute approximate surface area is 212 Å². The lowest BCUT2D eigenvalue weighted by molar-refractivity contribution is -0.118. The number of aromatic amines is 1. The third-order valence-corrected chi connectivity index (χ3v) is 9.24. The Morgan fingerprint density at radius 2 is 1.86 bits per heavy atom. The Bertz CT molecular complexity index is 1580. The van der Waals surface area contributed by atoms with Gasteiger partial charge in [0.2, 0.25) is 15.9 Å². The smallest absolute Gasteiger partial charge is 0.241 e. The van der Waals surface area contributed by atoms with E-state index in [-0.39, 0.29) is 29.1 Å². The van der Waals surface area contributed by atoms with Crippen LogP contribution in [0.25, 0.3) is 11.0 Å². The topological polar surface area (TPSA) is 144 Å². The van der Waals surface area contributed by atoms with E-state index in [9.17, 15) is 26.7 Å². The predicted molar refractivity (Wildman–Crippen MR) is 134 cm³/mol. The van der Waals surface area contributed by atoms with Gasteiger partial charge in [0.25, 0.3) is 0 Å². The molecule has 1 aliphatic rings. The van der Waals surface area contributed by atoms with E-state index in [2.05, 4.69) is 19.4 Å². The number of sulfonamides is 1. The van der Waals surface area contributed by atoms with E-state index in [1.165, 1.54) is 24.3 Å². The first-order chi connectivity index (χ1) is 17.5. The van der Waals surface area contributed by atoms with Crippen molar-refractivity contribution in [2.45, 2.75) is 29.0 Å². The number of H-pyrrole nitrogens is 1. The van der Waals surface area contributed by atoms with Crippen LogP contribution in [-0.2, 0) is 21.2 Å². The highest BCUT2D eigenvalue weighted by Gasteiger charge is 2.39. The zero-order valence-electron chi connectivity index (χ0n) is 19.1. The van der Waals surface area contributed by atoms with E-state index in [0.29, 0.717) is 16.6 Å². The minimum atomic E-state index is -4.19. The second-order valence-corrected chi connectivity index (χ2v) is 12.3. The van der Waals surface area contributed by atoms with E-state index < -0.39 is 49.6 Å². The van der Waals surface area contributed by atoms with Gasteiger partial charge in [-0.05, 0) is 48.4 Å². The molecule has 2 atom stereocenters. The first-order valence-corrected chi connectivity index (χ1v) is 14.2. The van der Waals surface area contributed by atoms with Crippen LogP contribution in [0.4, 0.5) is 8.78 Å². The van der Waals surface area contributed by atoms with Gasteiger partial charge in [-0.2, -0.15) is 0 Å². The lowest BCUT2D eigenvalue weighted by Gasteiger charge is -2.33. The quantitative estimate of drug-likeness (QED) is 0.233. The summed E-state index contributed by atoms with van der Waals surface area (Å²) < 4.78 is 79.8. The molecular formula is C24H22F2N4O5S2. The number of imidazole rings is 1. The molecular weight excluding hydrogens is 526 g/mol. The van der Waals surface area contributed by atoms with Gasteiger partial charge in [0.05, 0.1) is 28.4 Å². The average molecular weight is 549 g/mol. The second kappa shape index (κ2) is 9.50. The standard InChI is InChI=1S/C24H22F2N4O5S2/c25-15-4-3-5-16(12-15)36(32,33)29-21(24-27-19-6-1-2-7-20(19)28-24)11-14-8-9-17(18(26)10-14)22-13-23(31)30-37(22,34)35/h1-10,12,21-22,29,34-35H,11,13H2,(H,27,28)(H,30,31). The van der Waals surface area contributed by atoms with E-state index in [4.69, 9.17) is 0 Å². The molecule has 0 aliphatic carbocycles. The Morgan fingerprint density at radius 1 is 1.08 bits per heavy atom. The summed E-state index contributed by atoms with van der Waals surface area (Å²) in [5.41, 5.74) is 1.60. The molecule has 194 valence electrons. The summed E-state index contributed by atoms with van der Waals surface area (Å²) in [5.74, 6) is -1.81. The van der Waals surface area contributed by atoms with Crippen LogP contribution < -0.4 is 9.44 Å². The average Bonchev–Trinajstić information content (AvgIpc) is 3.38. The summed E-state index contributed by atoms with van der Waals surface area (Å²) in [5, 5.41) is -1.13. The minimum Gasteiger partial charge on any atom is -0.341 e. The molecule has 1 fully saturated rings. The molecule has 5 N–H and O–H groups in total. The number of hydrogen-bond acceptors (Lipinski definition) is 6. The van der Waals surface area contributed by atoms with Crippen molar-refractivity contribution in [2.24, 2.45) is 0 Å². The maximum absolute atomic E-state index is 15.1. The number of para-hydroxylation sites is 2. The van der Waals surface area contributed by atoms with Gasteiger partial charge in [-0.1, -0.05) is 30.3 Å². The fourth-order valence-electron chi connectivity index (χ4n) is 4.27. The summed E-state index contributed by atoms with van der Waals surface area (Å²) in [7, 11) is -7.73. The molecule has 0 bridgehead atoms. The minimum absolute atomic E-state index is 0.0380. The molecule has 0 spiro atoms. The lowest BCUT2D eigenvalue weighted by Crippen LogP contribution is -2.31. The zero-order chi connectivity index (χ0) is 26.4. The first kappa shape index (κ1) is 25.3. The molecule has 5 rings (SSSR count). The first-order valence-electron chi connectivity index (χ1n) is 11.1. The van der Waals surface area contributed by atoms with Crippen molar-refractivity contribution in [3.05, 3.63) is 95.3 Å². The number of amides is 1. The molecule has 0 radical (unpaired) electrons. The van der Waals surface area contributed by atoms with E-state index in [1.807, 2.05) is 0 Å². The third-order valence-electron chi connectivity index (χ3n) is 6.02. The Morgan fingerprint density at radius 3 is 2.54 bits per heavy atom.